The minimum atomic E-state index is -4.20. The lowest BCUT2D eigenvalue weighted by molar-refractivity contribution is -0.142. The Balaban J connectivity index is 1.74. The van der Waals surface area contributed by atoms with E-state index < -0.39 is 75.1 Å². The summed E-state index contributed by atoms with van der Waals surface area (Å²) in [4.78, 5) is 63.9. The standard InChI is InChI=1S/C35H55N7O10S/c1-19-20(2)28(21(3)22-18-35(7,8)51-27(19)22)53(49,50)42-32(36)38-17-11-13-23-29(44)40-25(31(46)47)14-15-26(43)37-16-10-9-12-24(30(45)39-23)41-33(48)52-34(4,5)6/h23-25H,9-18H2,1-8H3,(H,37,43)(H,39,45)(H,40,44)(H,41,48)(H,46,47)(H3,36,38,42)/t23-,24-,25-/m0/s1. The molecule has 18 heteroatoms. The third-order valence-corrected chi connectivity index (χ3v) is 10.5. The molecule has 296 valence electrons. The number of rotatable bonds is 8. The van der Waals surface area contributed by atoms with E-state index in [0.29, 0.717) is 41.7 Å². The van der Waals surface area contributed by atoms with E-state index in [4.69, 9.17) is 14.9 Å². The zero-order valence-electron chi connectivity index (χ0n) is 31.8. The average Bonchev–Trinajstić information content (AvgIpc) is 3.36. The number of hydrogen-bond acceptors (Lipinski definition) is 10. The molecule has 1 aromatic rings. The van der Waals surface area contributed by atoms with Gasteiger partial charge in [0.1, 0.15) is 35.1 Å². The first kappa shape index (κ1) is 42.8. The number of benzene rings is 1. The highest BCUT2D eigenvalue weighted by molar-refractivity contribution is 7.90. The predicted molar refractivity (Wildman–Crippen MR) is 195 cm³/mol. The fourth-order valence-corrected chi connectivity index (χ4v) is 7.77. The summed E-state index contributed by atoms with van der Waals surface area (Å²) in [6.07, 6.45) is 0.423. The molecule has 4 amide bonds. The van der Waals surface area contributed by atoms with Gasteiger partial charge in [0.2, 0.25) is 23.7 Å². The maximum absolute atomic E-state index is 13.6. The summed E-state index contributed by atoms with van der Waals surface area (Å²) in [6.45, 7) is 14.3. The molecule has 0 aliphatic carbocycles. The van der Waals surface area contributed by atoms with Crippen molar-refractivity contribution >= 4 is 45.8 Å². The molecule has 2 heterocycles. The van der Waals surface area contributed by atoms with Gasteiger partial charge in [0.15, 0.2) is 0 Å². The summed E-state index contributed by atoms with van der Waals surface area (Å²) in [7, 11) is -4.20. The van der Waals surface area contributed by atoms with Gasteiger partial charge >= 0.3 is 12.1 Å². The lowest BCUT2D eigenvalue weighted by Gasteiger charge is -2.26. The maximum atomic E-state index is 13.6. The van der Waals surface area contributed by atoms with Gasteiger partial charge in [-0.05, 0) is 111 Å². The van der Waals surface area contributed by atoms with Crippen molar-refractivity contribution in [2.75, 3.05) is 13.1 Å². The normalized spacial score (nSPS) is 21.3. The molecule has 53 heavy (non-hydrogen) atoms. The number of carboxylic acids is 1. The van der Waals surface area contributed by atoms with Gasteiger partial charge in [-0.25, -0.2) is 22.7 Å². The second-order valence-electron chi connectivity index (χ2n) is 15.1. The third kappa shape index (κ3) is 12.2. The second kappa shape index (κ2) is 17.5. The van der Waals surface area contributed by atoms with E-state index in [2.05, 4.69) is 31.3 Å². The fraction of sp³-hybridized carbons (Fsp3) is 0.657. The minimum absolute atomic E-state index is 0.00761. The highest BCUT2D eigenvalue weighted by Crippen LogP contribution is 2.43. The number of amides is 4. The number of carbonyl (C=O) groups is 5. The number of sulfonamides is 1. The Morgan fingerprint density at radius 2 is 1.70 bits per heavy atom. The van der Waals surface area contributed by atoms with Crippen LogP contribution in [0.15, 0.2) is 4.90 Å². The Hall–Kier alpha value is -4.61. The van der Waals surface area contributed by atoms with E-state index in [1.807, 2.05) is 13.8 Å². The third-order valence-electron chi connectivity index (χ3n) is 8.93. The molecule has 1 saturated heterocycles. The summed E-state index contributed by atoms with van der Waals surface area (Å²) in [6, 6.07) is -3.84. The van der Waals surface area contributed by atoms with Crippen LogP contribution in [0.5, 0.6) is 5.75 Å². The molecule has 0 spiro atoms. The number of alkyl carbamates (subject to hydrolysis) is 1. The molecule has 1 fully saturated rings. The van der Waals surface area contributed by atoms with E-state index in [1.165, 1.54) is 0 Å². The van der Waals surface area contributed by atoms with Gasteiger partial charge in [-0.3, -0.25) is 19.8 Å². The highest BCUT2D eigenvalue weighted by atomic mass is 32.2. The molecule has 0 unspecified atom stereocenters. The van der Waals surface area contributed by atoms with Gasteiger partial charge in [-0.1, -0.05) is 0 Å². The van der Waals surface area contributed by atoms with Crippen molar-refractivity contribution in [3.8, 4) is 5.75 Å². The van der Waals surface area contributed by atoms with E-state index >= 15 is 0 Å². The first-order chi connectivity index (χ1) is 24.5. The van der Waals surface area contributed by atoms with Crippen molar-refractivity contribution in [1.29, 1.82) is 5.41 Å². The molecule has 0 radical (unpaired) electrons. The fourth-order valence-electron chi connectivity index (χ4n) is 6.24. The first-order valence-electron chi connectivity index (χ1n) is 17.8. The van der Waals surface area contributed by atoms with E-state index in [0.717, 1.165) is 5.56 Å². The van der Waals surface area contributed by atoms with Crippen LogP contribution in [0.4, 0.5) is 4.79 Å². The predicted octanol–water partition coefficient (Wildman–Crippen LogP) is 1.94. The van der Waals surface area contributed by atoms with Crippen molar-refractivity contribution < 1.29 is 47.0 Å². The lowest BCUT2D eigenvalue weighted by atomic mass is 9.94. The van der Waals surface area contributed by atoms with Crippen molar-refractivity contribution in [1.82, 2.24) is 31.3 Å². The summed E-state index contributed by atoms with van der Waals surface area (Å²) in [5, 5.41) is 31.0. The average molecular weight is 766 g/mol. The van der Waals surface area contributed by atoms with Crippen LogP contribution in [-0.4, -0.2) is 91.7 Å². The Morgan fingerprint density at radius 1 is 1.02 bits per heavy atom. The van der Waals surface area contributed by atoms with Crippen LogP contribution in [0, 0.1) is 26.2 Å². The SMILES string of the molecule is Cc1c(C)c(S(=O)(=O)NC(=N)NCCC[C@@H]2NC(=O)[C@@H](NC(=O)OC(C)(C)C)CCCCNC(=O)CC[C@@H](C(=O)O)NC2=O)c(C)c2c1OC(C)(C)C2. The molecule has 3 rings (SSSR count). The number of carboxylic acid groups (broad SMARTS) is 1. The van der Waals surface area contributed by atoms with Crippen LogP contribution < -0.4 is 36.0 Å². The summed E-state index contributed by atoms with van der Waals surface area (Å²) in [5.74, 6) is -3.15. The molecule has 17 nitrogen and oxygen atoms in total. The van der Waals surface area contributed by atoms with Crippen LogP contribution in [0.25, 0.3) is 0 Å². The Labute approximate surface area is 311 Å². The van der Waals surface area contributed by atoms with Crippen molar-refractivity contribution in [2.45, 2.75) is 141 Å². The number of ether oxygens (including phenoxy) is 2. The number of fused-ring (bicyclic) bond motifs is 1. The summed E-state index contributed by atoms with van der Waals surface area (Å²) >= 11 is 0. The quantitative estimate of drug-likeness (QED) is 0.108. The van der Waals surface area contributed by atoms with Crippen LogP contribution in [0.3, 0.4) is 0 Å². The largest absolute Gasteiger partial charge is 0.487 e. The van der Waals surface area contributed by atoms with E-state index in [9.17, 15) is 37.5 Å². The van der Waals surface area contributed by atoms with Crippen LogP contribution >= 0.6 is 0 Å². The summed E-state index contributed by atoms with van der Waals surface area (Å²) < 4.78 is 40.8. The van der Waals surface area contributed by atoms with Gasteiger partial charge < -0.3 is 41.2 Å². The lowest BCUT2D eigenvalue weighted by Crippen LogP contribution is -2.56. The van der Waals surface area contributed by atoms with E-state index in [1.54, 1.807) is 41.5 Å². The summed E-state index contributed by atoms with van der Waals surface area (Å²) in [5.41, 5.74) is 1.21. The van der Waals surface area contributed by atoms with Crippen LogP contribution in [0.2, 0.25) is 0 Å². The Morgan fingerprint density at radius 3 is 2.34 bits per heavy atom. The molecule has 8 N–H and O–H groups in total. The molecule has 0 saturated carbocycles. The maximum Gasteiger partial charge on any atom is 0.408 e. The van der Waals surface area contributed by atoms with Gasteiger partial charge in [-0.2, -0.15) is 0 Å². The number of aliphatic carboxylic acids is 1. The van der Waals surface area contributed by atoms with E-state index in [-0.39, 0.29) is 50.1 Å². The van der Waals surface area contributed by atoms with Crippen molar-refractivity contribution in [2.24, 2.45) is 0 Å². The monoisotopic (exact) mass is 765 g/mol. The molecule has 1 aromatic carbocycles. The van der Waals surface area contributed by atoms with Crippen LogP contribution in [0.1, 0.15) is 102 Å². The van der Waals surface area contributed by atoms with Gasteiger partial charge in [0.05, 0.1) is 4.90 Å². The van der Waals surface area contributed by atoms with Gasteiger partial charge in [0.25, 0.3) is 10.0 Å². The molecular formula is C35H55N7O10S. The molecule has 0 aromatic heterocycles. The Bertz CT molecular complexity index is 1700. The van der Waals surface area contributed by atoms with Crippen molar-refractivity contribution in [3.05, 3.63) is 22.3 Å². The number of guanidine groups is 1. The first-order valence-corrected chi connectivity index (χ1v) is 19.3. The highest BCUT2D eigenvalue weighted by Gasteiger charge is 2.37. The van der Waals surface area contributed by atoms with Gasteiger partial charge in [0, 0.05) is 31.5 Å². The molecule has 2 aliphatic rings. The zero-order valence-corrected chi connectivity index (χ0v) is 32.6. The molecular weight excluding hydrogens is 710 g/mol. The van der Waals surface area contributed by atoms with Gasteiger partial charge in [-0.15, -0.1) is 0 Å². The number of nitrogens with one attached hydrogen (secondary N) is 7. The van der Waals surface area contributed by atoms with Crippen molar-refractivity contribution in [3.63, 3.8) is 0 Å². The number of hydrogen-bond donors (Lipinski definition) is 8. The molecule has 3 atom stereocenters. The molecule has 0 bridgehead atoms. The minimum Gasteiger partial charge on any atom is -0.487 e. The zero-order chi connectivity index (χ0) is 39.9. The number of carbonyl (C=O) groups excluding carboxylic acids is 4. The topological polar surface area (TPSA) is 254 Å². The molecule has 2 aliphatic heterocycles. The smallest absolute Gasteiger partial charge is 0.408 e. The Kier molecular flexibility index (Phi) is 14.1. The second-order valence-corrected chi connectivity index (χ2v) is 16.8. The van der Waals surface area contributed by atoms with Crippen LogP contribution in [-0.2, 0) is 40.4 Å².